The number of rotatable bonds is 8. The van der Waals surface area contributed by atoms with Gasteiger partial charge in [0.15, 0.2) is 11.6 Å². The van der Waals surface area contributed by atoms with Crippen LogP contribution in [0.5, 0.6) is 11.5 Å². The first-order chi connectivity index (χ1) is 17.7. The smallest absolute Gasteiger partial charge is 0.167 e. The summed E-state index contributed by atoms with van der Waals surface area (Å²) in [6, 6.07) is 16.2. The molecule has 1 aliphatic rings. The van der Waals surface area contributed by atoms with Gasteiger partial charge in [-0.2, -0.15) is 0 Å². The zero-order valence-corrected chi connectivity index (χ0v) is 21.0. The minimum atomic E-state index is -0.495. The molecule has 6 nitrogen and oxygen atoms in total. The molecular formula is C27H25ClFN5OS. The standard InChI is InChI=1S/C27H25ClFN5OS/c28-21-8-4-5-9-26(21)36-34-19-10-11-25(22(29)14-19)35-24-12-13-30-16-20(24)23-15-27(32-17-31-23)33-18-6-2-1-3-7-18/h4-5,8-18,34H,1-3,6-7H2,(H,31,32,33). The first-order valence-corrected chi connectivity index (χ1v) is 13.0. The average molecular weight is 522 g/mol. The Labute approximate surface area is 218 Å². The third-order valence-corrected chi connectivity index (χ3v) is 7.30. The summed E-state index contributed by atoms with van der Waals surface area (Å²) in [5.41, 5.74) is 1.90. The molecule has 36 heavy (non-hydrogen) atoms. The Hall–Kier alpha value is -3.36. The third-order valence-electron chi connectivity index (χ3n) is 5.95. The molecule has 0 unspecified atom stereocenters. The summed E-state index contributed by atoms with van der Waals surface area (Å²) in [5.74, 6) is 0.826. The molecule has 1 aliphatic carbocycles. The molecule has 0 amide bonds. The van der Waals surface area contributed by atoms with Crippen molar-refractivity contribution in [2.45, 2.75) is 43.0 Å². The van der Waals surface area contributed by atoms with E-state index in [1.54, 1.807) is 30.6 Å². The van der Waals surface area contributed by atoms with Crippen LogP contribution in [0.25, 0.3) is 11.3 Å². The number of benzene rings is 2. The lowest BCUT2D eigenvalue weighted by atomic mass is 9.95. The highest BCUT2D eigenvalue weighted by Gasteiger charge is 2.16. The Morgan fingerprint density at radius 1 is 0.972 bits per heavy atom. The van der Waals surface area contributed by atoms with E-state index >= 15 is 0 Å². The number of ether oxygens (including phenoxy) is 1. The molecule has 2 aromatic heterocycles. The minimum Gasteiger partial charge on any atom is -0.453 e. The van der Waals surface area contributed by atoms with Gasteiger partial charge in [0.2, 0.25) is 0 Å². The molecule has 9 heteroatoms. The number of halogens is 2. The maximum atomic E-state index is 14.9. The van der Waals surface area contributed by atoms with Crippen LogP contribution in [0.1, 0.15) is 32.1 Å². The highest BCUT2D eigenvalue weighted by atomic mass is 35.5. The van der Waals surface area contributed by atoms with Crippen LogP contribution in [0.15, 0.2) is 78.2 Å². The molecule has 1 saturated carbocycles. The highest BCUT2D eigenvalue weighted by Crippen LogP contribution is 2.35. The van der Waals surface area contributed by atoms with Crippen LogP contribution in [0.3, 0.4) is 0 Å². The Balaban J connectivity index is 1.31. The van der Waals surface area contributed by atoms with E-state index < -0.39 is 5.82 Å². The van der Waals surface area contributed by atoms with Crippen LogP contribution in [0.2, 0.25) is 5.02 Å². The van der Waals surface area contributed by atoms with Gasteiger partial charge in [-0.1, -0.05) is 43.0 Å². The van der Waals surface area contributed by atoms with Gasteiger partial charge >= 0.3 is 0 Å². The van der Waals surface area contributed by atoms with Crippen LogP contribution < -0.4 is 14.8 Å². The van der Waals surface area contributed by atoms with Gasteiger partial charge in [-0.25, -0.2) is 14.4 Å². The molecule has 4 aromatic rings. The second-order valence-electron chi connectivity index (χ2n) is 8.52. The second-order valence-corrected chi connectivity index (χ2v) is 9.78. The normalized spacial score (nSPS) is 13.8. The Morgan fingerprint density at radius 3 is 2.67 bits per heavy atom. The number of anilines is 2. The van der Waals surface area contributed by atoms with E-state index in [4.69, 9.17) is 16.3 Å². The molecule has 0 bridgehead atoms. The zero-order valence-electron chi connectivity index (χ0n) is 19.5. The number of aromatic nitrogens is 3. The van der Waals surface area contributed by atoms with Gasteiger partial charge in [-0.3, -0.25) is 4.98 Å². The molecule has 0 saturated heterocycles. The number of nitrogens with zero attached hydrogens (tertiary/aromatic N) is 3. The predicted octanol–water partition coefficient (Wildman–Crippen LogP) is 7.99. The average Bonchev–Trinajstić information content (AvgIpc) is 2.91. The summed E-state index contributed by atoms with van der Waals surface area (Å²) >= 11 is 7.50. The molecule has 2 N–H and O–H groups in total. The summed E-state index contributed by atoms with van der Waals surface area (Å²) in [7, 11) is 0. The molecule has 2 heterocycles. The number of hydrogen-bond acceptors (Lipinski definition) is 7. The zero-order chi connectivity index (χ0) is 24.7. The largest absolute Gasteiger partial charge is 0.453 e. The predicted molar refractivity (Wildman–Crippen MR) is 143 cm³/mol. The van der Waals surface area contributed by atoms with Crippen molar-refractivity contribution in [1.82, 2.24) is 15.0 Å². The molecule has 0 atom stereocenters. The fraction of sp³-hybridized carbons (Fsp3) is 0.222. The first-order valence-electron chi connectivity index (χ1n) is 11.8. The molecule has 1 fully saturated rings. The Morgan fingerprint density at radius 2 is 1.83 bits per heavy atom. The molecule has 0 radical (unpaired) electrons. The van der Waals surface area contributed by atoms with E-state index in [0.29, 0.717) is 33.8 Å². The SMILES string of the molecule is Fc1cc(NSc2ccccc2Cl)ccc1Oc1ccncc1-c1cc(NC2CCCCC2)ncn1. The van der Waals surface area contributed by atoms with Crippen molar-refractivity contribution in [3.63, 3.8) is 0 Å². The van der Waals surface area contributed by atoms with Gasteiger partial charge in [0.05, 0.1) is 16.3 Å². The number of pyridine rings is 1. The van der Waals surface area contributed by atoms with Crippen LogP contribution in [-0.4, -0.2) is 21.0 Å². The van der Waals surface area contributed by atoms with Crippen molar-refractivity contribution in [2.24, 2.45) is 0 Å². The van der Waals surface area contributed by atoms with Crippen molar-refractivity contribution in [3.05, 3.63) is 84.2 Å². The molecule has 0 aliphatic heterocycles. The fourth-order valence-corrected chi connectivity index (χ4v) is 5.03. The maximum Gasteiger partial charge on any atom is 0.167 e. The van der Waals surface area contributed by atoms with E-state index in [2.05, 4.69) is 25.0 Å². The second kappa shape index (κ2) is 11.6. The monoisotopic (exact) mass is 521 g/mol. The van der Waals surface area contributed by atoms with E-state index in [9.17, 15) is 4.39 Å². The number of hydrogen-bond donors (Lipinski definition) is 2. The van der Waals surface area contributed by atoms with Crippen LogP contribution in [0, 0.1) is 5.82 Å². The third kappa shape index (κ3) is 6.06. The quantitative estimate of drug-likeness (QED) is 0.228. The summed E-state index contributed by atoms with van der Waals surface area (Å²) in [6.45, 7) is 0. The molecule has 2 aromatic carbocycles. The molecule has 5 rings (SSSR count). The van der Waals surface area contributed by atoms with E-state index in [1.165, 1.54) is 43.6 Å². The van der Waals surface area contributed by atoms with Gasteiger partial charge in [-0.05, 0) is 55.1 Å². The van der Waals surface area contributed by atoms with Gasteiger partial charge in [0.25, 0.3) is 0 Å². The van der Waals surface area contributed by atoms with Gasteiger partial charge in [-0.15, -0.1) is 0 Å². The summed E-state index contributed by atoms with van der Waals surface area (Å²) in [6.07, 6.45) is 10.8. The van der Waals surface area contributed by atoms with Gasteiger partial charge < -0.3 is 14.8 Å². The van der Waals surface area contributed by atoms with Crippen molar-refractivity contribution < 1.29 is 9.13 Å². The molecule has 184 valence electrons. The summed E-state index contributed by atoms with van der Waals surface area (Å²) in [5, 5.41) is 4.14. The van der Waals surface area contributed by atoms with Crippen LogP contribution in [0.4, 0.5) is 15.9 Å². The van der Waals surface area contributed by atoms with Crippen molar-refractivity contribution in [2.75, 3.05) is 10.0 Å². The summed E-state index contributed by atoms with van der Waals surface area (Å²) in [4.78, 5) is 13.9. The summed E-state index contributed by atoms with van der Waals surface area (Å²) < 4.78 is 24.0. The lowest BCUT2D eigenvalue weighted by Crippen LogP contribution is -2.22. The minimum absolute atomic E-state index is 0.102. The van der Waals surface area contributed by atoms with E-state index in [-0.39, 0.29) is 5.75 Å². The van der Waals surface area contributed by atoms with Gasteiger partial charge in [0.1, 0.15) is 17.9 Å². The molecular weight excluding hydrogens is 497 g/mol. The maximum absolute atomic E-state index is 14.9. The van der Waals surface area contributed by atoms with Crippen LogP contribution >= 0.6 is 23.5 Å². The number of nitrogens with one attached hydrogen (secondary N) is 2. The lowest BCUT2D eigenvalue weighted by molar-refractivity contribution is 0.443. The van der Waals surface area contributed by atoms with Gasteiger partial charge in [0, 0.05) is 41.2 Å². The highest BCUT2D eigenvalue weighted by molar-refractivity contribution is 8.00. The Kier molecular flexibility index (Phi) is 7.83. The molecule has 0 spiro atoms. The van der Waals surface area contributed by atoms with Crippen molar-refractivity contribution in [1.29, 1.82) is 0 Å². The topological polar surface area (TPSA) is 72.0 Å². The van der Waals surface area contributed by atoms with Crippen molar-refractivity contribution >= 4 is 35.1 Å². The first kappa shape index (κ1) is 24.3. The van der Waals surface area contributed by atoms with Crippen molar-refractivity contribution in [3.8, 4) is 22.8 Å². The Bertz CT molecular complexity index is 1340. The van der Waals surface area contributed by atoms with E-state index in [0.717, 1.165) is 23.6 Å². The lowest BCUT2D eigenvalue weighted by Gasteiger charge is -2.23. The van der Waals surface area contributed by atoms with Crippen LogP contribution in [-0.2, 0) is 0 Å². The fourth-order valence-electron chi connectivity index (χ4n) is 4.11. The van der Waals surface area contributed by atoms with E-state index in [1.807, 2.05) is 30.3 Å².